The third-order valence-electron chi connectivity index (χ3n) is 4.79. The quantitative estimate of drug-likeness (QED) is 0.806. The molecule has 0 N–H and O–H groups in total. The lowest BCUT2D eigenvalue weighted by Gasteiger charge is -2.38. The zero-order valence-corrected chi connectivity index (χ0v) is 13.7. The Morgan fingerprint density at radius 3 is 2.76 bits per heavy atom. The predicted octanol–water partition coefficient (Wildman–Crippen LogP) is 4.31. The van der Waals surface area contributed by atoms with Crippen LogP contribution in [0.25, 0.3) is 0 Å². The maximum atomic E-state index is 13.5. The Labute approximate surface area is 133 Å². The van der Waals surface area contributed by atoms with Gasteiger partial charge in [0.15, 0.2) is 0 Å². The Bertz CT molecular complexity index is 513. The summed E-state index contributed by atoms with van der Waals surface area (Å²) in [5, 5.41) is 0. The molecule has 2 nitrogen and oxygen atoms in total. The van der Waals surface area contributed by atoms with Crippen LogP contribution in [0.15, 0.2) is 22.7 Å². The molecule has 4 heteroatoms. The van der Waals surface area contributed by atoms with Crippen molar-refractivity contribution in [1.82, 2.24) is 4.90 Å². The van der Waals surface area contributed by atoms with E-state index in [4.69, 9.17) is 0 Å². The lowest BCUT2D eigenvalue weighted by Crippen LogP contribution is -2.44. The molecule has 3 rings (SSSR count). The van der Waals surface area contributed by atoms with Gasteiger partial charge >= 0.3 is 0 Å². The molecule has 1 aromatic rings. The van der Waals surface area contributed by atoms with Crippen LogP contribution >= 0.6 is 15.9 Å². The van der Waals surface area contributed by atoms with Crippen LogP contribution in [0.5, 0.6) is 0 Å². The fourth-order valence-corrected chi connectivity index (χ4v) is 4.37. The minimum atomic E-state index is -0.204. The number of benzene rings is 1. The summed E-state index contributed by atoms with van der Waals surface area (Å²) < 4.78 is 14.3. The first-order chi connectivity index (χ1) is 10.1. The van der Waals surface area contributed by atoms with Crippen molar-refractivity contribution in [3.63, 3.8) is 0 Å². The van der Waals surface area contributed by atoms with Crippen LogP contribution in [0.1, 0.15) is 44.1 Å². The number of ketones is 1. The summed E-state index contributed by atoms with van der Waals surface area (Å²) in [5.74, 6) is 0.444. The van der Waals surface area contributed by atoms with E-state index in [2.05, 4.69) is 20.8 Å². The second-order valence-electron chi connectivity index (χ2n) is 6.28. The molecule has 2 aliphatic rings. The molecule has 2 atom stereocenters. The number of nitrogens with zero attached hydrogens (tertiary/aromatic N) is 1. The Hall–Kier alpha value is -0.740. The van der Waals surface area contributed by atoms with Gasteiger partial charge in [-0.15, -0.1) is 0 Å². The van der Waals surface area contributed by atoms with Gasteiger partial charge in [0.2, 0.25) is 0 Å². The van der Waals surface area contributed by atoms with Crippen LogP contribution in [0.3, 0.4) is 0 Å². The monoisotopic (exact) mass is 353 g/mol. The number of rotatable bonds is 3. The molecule has 2 unspecified atom stereocenters. The highest BCUT2D eigenvalue weighted by molar-refractivity contribution is 9.10. The van der Waals surface area contributed by atoms with Crippen LogP contribution in [-0.4, -0.2) is 23.3 Å². The van der Waals surface area contributed by atoms with Crippen molar-refractivity contribution in [2.75, 3.05) is 6.54 Å². The largest absolute Gasteiger partial charge is 0.299 e. The topological polar surface area (TPSA) is 20.3 Å². The van der Waals surface area contributed by atoms with E-state index in [1.807, 2.05) is 6.07 Å². The molecule has 0 bridgehead atoms. The van der Waals surface area contributed by atoms with Gasteiger partial charge in [-0.05, 0) is 56.0 Å². The Balaban J connectivity index is 1.76. The molecule has 1 aromatic carbocycles. The van der Waals surface area contributed by atoms with Gasteiger partial charge in [-0.2, -0.15) is 0 Å². The van der Waals surface area contributed by atoms with E-state index in [0.29, 0.717) is 11.8 Å². The van der Waals surface area contributed by atoms with Gasteiger partial charge in [0.25, 0.3) is 0 Å². The zero-order valence-electron chi connectivity index (χ0n) is 12.2. The molecule has 0 spiro atoms. The number of carbonyl (C=O) groups is 1. The van der Waals surface area contributed by atoms with E-state index < -0.39 is 0 Å². The molecule has 1 saturated carbocycles. The first-order valence-electron chi connectivity index (χ1n) is 7.85. The van der Waals surface area contributed by atoms with Gasteiger partial charge in [-0.3, -0.25) is 9.69 Å². The van der Waals surface area contributed by atoms with Crippen LogP contribution in [-0.2, 0) is 11.3 Å². The number of carbonyl (C=O) groups excluding carboxylic acids is 1. The molecule has 1 aliphatic heterocycles. The van der Waals surface area contributed by atoms with E-state index in [1.54, 1.807) is 6.07 Å². The minimum Gasteiger partial charge on any atom is -0.299 e. The van der Waals surface area contributed by atoms with E-state index in [0.717, 1.165) is 48.8 Å². The van der Waals surface area contributed by atoms with Crippen molar-refractivity contribution in [2.24, 2.45) is 5.92 Å². The molecule has 2 fully saturated rings. The molecule has 0 aromatic heterocycles. The standard InChI is InChI=1S/C17H21BrFNO/c18-13-8-12(9-14(19)10-13)11-20-7-2-1-5-16(20)15-4-3-6-17(15)21/h8-10,15-16H,1-7,11H2. The summed E-state index contributed by atoms with van der Waals surface area (Å²) >= 11 is 3.36. The number of hydrogen-bond donors (Lipinski definition) is 0. The molecule has 21 heavy (non-hydrogen) atoms. The Kier molecular flexibility index (Phi) is 4.75. The van der Waals surface area contributed by atoms with Crippen LogP contribution in [0.4, 0.5) is 4.39 Å². The minimum absolute atomic E-state index is 0.204. The lowest BCUT2D eigenvalue weighted by atomic mass is 9.88. The van der Waals surface area contributed by atoms with Crippen LogP contribution < -0.4 is 0 Å². The summed E-state index contributed by atoms with van der Waals surface area (Å²) in [5.41, 5.74) is 0.985. The summed E-state index contributed by atoms with van der Waals surface area (Å²) in [4.78, 5) is 14.5. The zero-order chi connectivity index (χ0) is 14.8. The molecule has 0 amide bonds. The van der Waals surface area contributed by atoms with Gasteiger partial charge in [0.05, 0.1) is 0 Å². The maximum Gasteiger partial charge on any atom is 0.137 e. The average Bonchev–Trinajstić information content (AvgIpc) is 2.84. The van der Waals surface area contributed by atoms with Crippen LogP contribution in [0, 0.1) is 11.7 Å². The highest BCUT2D eigenvalue weighted by Crippen LogP contribution is 2.33. The van der Waals surface area contributed by atoms with Gasteiger partial charge in [0, 0.05) is 29.4 Å². The molecular formula is C17H21BrFNO. The Morgan fingerprint density at radius 1 is 1.19 bits per heavy atom. The van der Waals surface area contributed by atoms with Crippen molar-refractivity contribution >= 4 is 21.7 Å². The molecule has 1 heterocycles. The van der Waals surface area contributed by atoms with E-state index in [9.17, 15) is 9.18 Å². The summed E-state index contributed by atoms with van der Waals surface area (Å²) in [6.45, 7) is 1.76. The average molecular weight is 354 g/mol. The number of likely N-dealkylation sites (tertiary alicyclic amines) is 1. The van der Waals surface area contributed by atoms with Crippen LogP contribution in [0.2, 0.25) is 0 Å². The van der Waals surface area contributed by atoms with Crippen molar-refractivity contribution in [2.45, 2.75) is 51.1 Å². The number of hydrogen-bond acceptors (Lipinski definition) is 2. The highest BCUT2D eigenvalue weighted by Gasteiger charge is 2.36. The van der Waals surface area contributed by atoms with E-state index in [-0.39, 0.29) is 11.7 Å². The number of Topliss-reactive ketones (excluding diaryl/α,β-unsaturated/α-hetero) is 1. The molecule has 1 saturated heterocycles. The third kappa shape index (κ3) is 3.54. The fraction of sp³-hybridized carbons (Fsp3) is 0.588. The maximum absolute atomic E-state index is 13.5. The van der Waals surface area contributed by atoms with Gasteiger partial charge in [-0.1, -0.05) is 22.4 Å². The first kappa shape index (κ1) is 15.2. The van der Waals surface area contributed by atoms with Crippen molar-refractivity contribution < 1.29 is 9.18 Å². The number of halogens is 2. The summed E-state index contributed by atoms with van der Waals surface area (Å²) in [6.07, 6.45) is 6.31. The molecular weight excluding hydrogens is 333 g/mol. The SMILES string of the molecule is O=C1CCCC1C1CCCCN1Cc1cc(F)cc(Br)c1. The Morgan fingerprint density at radius 2 is 2.05 bits per heavy atom. The second-order valence-corrected chi connectivity index (χ2v) is 7.19. The molecule has 1 aliphatic carbocycles. The van der Waals surface area contributed by atoms with Gasteiger partial charge in [0.1, 0.15) is 11.6 Å². The second kappa shape index (κ2) is 6.57. The summed E-state index contributed by atoms with van der Waals surface area (Å²) in [7, 11) is 0. The van der Waals surface area contributed by atoms with E-state index >= 15 is 0 Å². The smallest absolute Gasteiger partial charge is 0.137 e. The predicted molar refractivity (Wildman–Crippen MR) is 84.5 cm³/mol. The fourth-order valence-electron chi connectivity index (χ4n) is 3.86. The van der Waals surface area contributed by atoms with E-state index in [1.165, 1.54) is 18.9 Å². The molecule has 114 valence electrons. The van der Waals surface area contributed by atoms with Gasteiger partial charge < -0.3 is 0 Å². The number of piperidine rings is 1. The molecule has 0 radical (unpaired) electrons. The normalized spacial score (nSPS) is 27.2. The lowest BCUT2D eigenvalue weighted by molar-refractivity contribution is -0.123. The highest BCUT2D eigenvalue weighted by atomic mass is 79.9. The third-order valence-corrected chi connectivity index (χ3v) is 5.25. The van der Waals surface area contributed by atoms with Crippen molar-refractivity contribution in [1.29, 1.82) is 0 Å². The van der Waals surface area contributed by atoms with Gasteiger partial charge in [-0.25, -0.2) is 4.39 Å². The first-order valence-corrected chi connectivity index (χ1v) is 8.64. The summed E-state index contributed by atoms with van der Waals surface area (Å²) in [6, 6.07) is 5.42. The van der Waals surface area contributed by atoms with Crippen molar-refractivity contribution in [3.8, 4) is 0 Å². The van der Waals surface area contributed by atoms with Crippen molar-refractivity contribution in [3.05, 3.63) is 34.1 Å².